The van der Waals surface area contributed by atoms with Crippen LogP contribution >= 0.6 is 0 Å². The van der Waals surface area contributed by atoms with E-state index in [2.05, 4.69) is 4.98 Å². The zero-order chi connectivity index (χ0) is 13.4. The van der Waals surface area contributed by atoms with E-state index in [1.165, 1.54) is 12.1 Å². The van der Waals surface area contributed by atoms with Gasteiger partial charge in [0.1, 0.15) is 5.82 Å². The lowest BCUT2D eigenvalue weighted by molar-refractivity contribution is 0.0677. The van der Waals surface area contributed by atoms with Gasteiger partial charge in [-0.3, -0.25) is 0 Å². The third-order valence-corrected chi connectivity index (χ3v) is 3.41. The third kappa shape index (κ3) is 2.01. The Kier molecular flexibility index (Phi) is 2.81. The van der Waals surface area contributed by atoms with E-state index in [1.54, 1.807) is 16.7 Å². The van der Waals surface area contributed by atoms with Crippen molar-refractivity contribution in [2.75, 3.05) is 0 Å². The predicted octanol–water partition coefficient (Wildman–Crippen LogP) is 2.72. The van der Waals surface area contributed by atoms with E-state index in [0.717, 1.165) is 25.0 Å². The maximum atomic E-state index is 13.3. The Morgan fingerprint density at radius 3 is 2.95 bits per heavy atom. The van der Waals surface area contributed by atoms with Crippen molar-refractivity contribution >= 4 is 5.97 Å². The summed E-state index contributed by atoms with van der Waals surface area (Å²) in [6.07, 6.45) is 2.74. The molecule has 5 heteroatoms. The molecule has 0 bridgehead atoms. The summed E-state index contributed by atoms with van der Waals surface area (Å²) in [5.41, 5.74) is 2.13. The normalized spacial score (nSPS) is 14.2. The molecule has 1 aromatic heterocycles. The highest BCUT2D eigenvalue weighted by molar-refractivity contribution is 5.85. The minimum absolute atomic E-state index is 0.0500. The lowest BCUT2D eigenvalue weighted by Gasteiger charge is -2.16. The molecule has 0 spiro atoms. The fourth-order valence-electron chi connectivity index (χ4n) is 2.57. The zero-order valence-corrected chi connectivity index (χ0v) is 10.3. The van der Waals surface area contributed by atoms with E-state index in [0.29, 0.717) is 17.8 Å². The number of fused-ring (bicyclic) bond motifs is 1. The smallest absolute Gasteiger partial charge is 0.372 e. The molecule has 0 aliphatic carbocycles. The predicted molar refractivity (Wildman–Crippen MR) is 67.5 cm³/mol. The Hall–Kier alpha value is -2.17. The first-order valence-corrected chi connectivity index (χ1v) is 6.25. The lowest BCUT2D eigenvalue weighted by Crippen LogP contribution is -2.16. The van der Waals surface area contributed by atoms with Crippen molar-refractivity contribution < 1.29 is 14.3 Å². The standard InChI is InChI=1S/C14H13FN2O2/c15-10-5-3-4-9(8-10)12-11-6-1-2-7-17(11)13(16-12)14(18)19/h3-5,8H,1-2,6-7H2,(H,18,19). The summed E-state index contributed by atoms with van der Waals surface area (Å²) in [7, 11) is 0. The maximum absolute atomic E-state index is 13.3. The quantitative estimate of drug-likeness (QED) is 0.903. The number of nitrogens with zero attached hydrogens (tertiary/aromatic N) is 2. The molecule has 1 N–H and O–H groups in total. The summed E-state index contributed by atoms with van der Waals surface area (Å²) in [4.78, 5) is 15.4. The van der Waals surface area contributed by atoms with Gasteiger partial charge in [-0.1, -0.05) is 12.1 Å². The first-order chi connectivity index (χ1) is 9.16. The Balaban J connectivity index is 2.19. The van der Waals surface area contributed by atoms with Crippen molar-refractivity contribution in [1.82, 2.24) is 9.55 Å². The van der Waals surface area contributed by atoms with Gasteiger partial charge in [0.15, 0.2) is 0 Å². The van der Waals surface area contributed by atoms with E-state index in [-0.39, 0.29) is 11.6 Å². The van der Waals surface area contributed by atoms with Gasteiger partial charge in [0, 0.05) is 17.8 Å². The van der Waals surface area contributed by atoms with Crippen LogP contribution in [0.5, 0.6) is 0 Å². The average Bonchev–Trinajstić information content (AvgIpc) is 2.78. The second-order valence-electron chi connectivity index (χ2n) is 4.65. The zero-order valence-electron chi connectivity index (χ0n) is 10.3. The van der Waals surface area contributed by atoms with Crippen LogP contribution in [0.4, 0.5) is 4.39 Å². The molecule has 1 aliphatic heterocycles. The highest BCUT2D eigenvalue weighted by Gasteiger charge is 2.24. The molecule has 4 nitrogen and oxygen atoms in total. The number of aromatic carboxylic acids is 1. The minimum atomic E-state index is -1.04. The number of carboxylic acid groups (broad SMARTS) is 1. The number of halogens is 1. The monoisotopic (exact) mass is 260 g/mol. The van der Waals surface area contributed by atoms with Gasteiger partial charge in [0.25, 0.3) is 0 Å². The molecule has 0 radical (unpaired) electrons. The van der Waals surface area contributed by atoms with Crippen LogP contribution in [0, 0.1) is 5.82 Å². The van der Waals surface area contributed by atoms with E-state index in [4.69, 9.17) is 0 Å². The van der Waals surface area contributed by atoms with Crippen molar-refractivity contribution in [2.24, 2.45) is 0 Å². The fraction of sp³-hybridized carbons (Fsp3) is 0.286. The Morgan fingerprint density at radius 1 is 1.37 bits per heavy atom. The molecule has 3 rings (SSSR count). The molecule has 0 fully saturated rings. The van der Waals surface area contributed by atoms with Crippen molar-refractivity contribution in [3.05, 3.63) is 41.6 Å². The number of hydrogen-bond acceptors (Lipinski definition) is 2. The number of aromatic nitrogens is 2. The second kappa shape index (κ2) is 4.50. The van der Waals surface area contributed by atoms with Gasteiger partial charge in [-0.25, -0.2) is 14.2 Å². The summed E-state index contributed by atoms with van der Waals surface area (Å²) < 4.78 is 15.0. The number of carbonyl (C=O) groups is 1. The van der Waals surface area contributed by atoms with Crippen molar-refractivity contribution in [2.45, 2.75) is 25.8 Å². The molecule has 1 aliphatic rings. The van der Waals surface area contributed by atoms with Crippen LogP contribution in [-0.4, -0.2) is 20.6 Å². The SMILES string of the molecule is O=C(O)c1nc(-c2cccc(F)c2)c2n1CCCC2. The van der Waals surface area contributed by atoms with Crippen LogP contribution < -0.4 is 0 Å². The number of rotatable bonds is 2. The summed E-state index contributed by atoms with van der Waals surface area (Å²) in [6.45, 7) is 0.666. The molecular weight excluding hydrogens is 247 g/mol. The van der Waals surface area contributed by atoms with Gasteiger partial charge in [0.2, 0.25) is 5.82 Å². The molecule has 2 heterocycles. The van der Waals surface area contributed by atoms with Crippen molar-refractivity contribution in [3.8, 4) is 11.3 Å². The van der Waals surface area contributed by atoms with Crippen molar-refractivity contribution in [3.63, 3.8) is 0 Å². The molecule has 2 aromatic rings. The highest BCUT2D eigenvalue weighted by atomic mass is 19.1. The molecule has 0 unspecified atom stereocenters. The molecule has 0 saturated heterocycles. The van der Waals surface area contributed by atoms with E-state index >= 15 is 0 Å². The van der Waals surface area contributed by atoms with Crippen LogP contribution in [0.2, 0.25) is 0 Å². The molecular formula is C14H13FN2O2. The lowest BCUT2D eigenvalue weighted by atomic mass is 10.0. The molecule has 1 aromatic carbocycles. The Bertz CT molecular complexity index is 649. The minimum Gasteiger partial charge on any atom is -0.475 e. The van der Waals surface area contributed by atoms with Crippen molar-refractivity contribution in [1.29, 1.82) is 0 Å². The van der Waals surface area contributed by atoms with Gasteiger partial charge in [-0.2, -0.15) is 0 Å². The summed E-state index contributed by atoms with van der Waals surface area (Å²) in [6, 6.07) is 6.12. The average molecular weight is 260 g/mol. The summed E-state index contributed by atoms with van der Waals surface area (Å²) in [5, 5.41) is 9.20. The summed E-state index contributed by atoms with van der Waals surface area (Å²) >= 11 is 0. The van der Waals surface area contributed by atoms with Gasteiger partial charge in [-0.15, -0.1) is 0 Å². The second-order valence-corrected chi connectivity index (χ2v) is 4.65. The van der Waals surface area contributed by atoms with Crippen LogP contribution in [0.25, 0.3) is 11.3 Å². The first kappa shape index (κ1) is 11.9. The van der Waals surface area contributed by atoms with Gasteiger partial charge in [-0.05, 0) is 31.4 Å². The Labute approximate surface area is 109 Å². The van der Waals surface area contributed by atoms with Crippen LogP contribution in [-0.2, 0) is 13.0 Å². The highest BCUT2D eigenvalue weighted by Crippen LogP contribution is 2.29. The van der Waals surface area contributed by atoms with Crippen LogP contribution in [0.15, 0.2) is 24.3 Å². The fourth-order valence-corrected chi connectivity index (χ4v) is 2.57. The van der Waals surface area contributed by atoms with Gasteiger partial charge >= 0.3 is 5.97 Å². The molecule has 98 valence electrons. The Morgan fingerprint density at radius 2 is 2.21 bits per heavy atom. The molecule has 0 saturated carbocycles. The van der Waals surface area contributed by atoms with E-state index in [1.807, 2.05) is 0 Å². The number of benzene rings is 1. The topological polar surface area (TPSA) is 55.1 Å². The molecule has 0 atom stereocenters. The van der Waals surface area contributed by atoms with Gasteiger partial charge < -0.3 is 9.67 Å². The number of hydrogen-bond donors (Lipinski definition) is 1. The van der Waals surface area contributed by atoms with Crippen LogP contribution in [0.1, 0.15) is 29.2 Å². The number of carboxylic acids is 1. The largest absolute Gasteiger partial charge is 0.475 e. The number of imidazole rings is 1. The third-order valence-electron chi connectivity index (χ3n) is 3.41. The van der Waals surface area contributed by atoms with Gasteiger partial charge in [0.05, 0.1) is 5.69 Å². The summed E-state index contributed by atoms with van der Waals surface area (Å²) in [5.74, 6) is -1.33. The van der Waals surface area contributed by atoms with Crippen LogP contribution in [0.3, 0.4) is 0 Å². The maximum Gasteiger partial charge on any atom is 0.372 e. The van der Waals surface area contributed by atoms with E-state index < -0.39 is 5.97 Å². The molecule has 19 heavy (non-hydrogen) atoms. The van der Waals surface area contributed by atoms with E-state index in [9.17, 15) is 14.3 Å². The first-order valence-electron chi connectivity index (χ1n) is 6.25. The molecule has 0 amide bonds.